The van der Waals surface area contributed by atoms with Crippen LogP contribution in [-0.4, -0.2) is 38.5 Å². The van der Waals surface area contributed by atoms with E-state index >= 15 is 0 Å². The summed E-state index contributed by atoms with van der Waals surface area (Å²) in [4.78, 5) is 27.3. The first-order chi connectivity index (χ1) is 20.8. The molecule has 3 aromatic carbocycles. The molecule has 0 aromatic heterocycles. The normalized spacial score (nSPS) is 10.3. The van der Waals surface area contributed by atoms with Gasteiger partial charge in [0, 0.05) is 12.1 Å². The molecule has 0 spiro atoms. The van der Waals surface area contributed by atoms with Gasteiger partial charge in [0.1, 0.15) is 36.2 Å². The smallest absolute Gasteiger partial charge is 0.234 e. The maximum atomic E-state index is 10.1. The monoisotopic (exact) mass is 572 g/mol. The first kappa shape index (κ1) is 32.1. The lowest BCUT2D eigenvalue weighted by Crippen LogP contribution is -2.00. The predicted octanol–water partition coefficient (Wildman–Crippen LogP) is 7.39. The SMILES string of the molecule is O=C=NCCCCCCOc1cccc(OCc2ccc(COc3cccc(OCCCCCCN=C=O)c3)cc2)c1. The molecule has 0 aliphatic rings. The number of nitrogens with zero attached hydrogens (tertiary/aromatic N) is 2. The van der Waals surface area contributed by atoms with Crippen LogP contribution in [0, 0.1) is 0 Å². The Labute approximate surface area is 248 Å². The van der Waals surface area contributed by atoms with E-state index in [0.717, 1.165) is 85.5 Å². The molecule has 0 aliphatic heterocycles. The first-order valence-corrected chi connectivity index (χ1v) is 14.6. The van der Waals surface area contributed by atoms with E-state index in [9.17, 15) is 9.59 Å². The molecular formula is C34H40N2O6. The number of ether oxygens (including phenoxy) is 4. The van der Waals surface area contributed by atoms with Gasteiger partial charge in [0.05, 0.1) is 26.3 Å². The number of unbranched alkanes of at least 4 members (excludes halogenated alkanes) is 6. The molecule has 0 aliphatic carbocycles. The lowest BCUT2D eigenvalue weighted by atomic mass is 10.1. The topological polar surface area (TPSA) is 95.8 Å². The zero-order valence-corrected chi connectivity index (χ0v) is 24.2. The second-order valence-corrected chi connectivity index (χ2v) is 9.81. The molecule has 0 atom stereocenters. The van der Waals surface area contributed by atoms with Gasteiger partial charge >= 0.3 is 0 Å². The predicted molar refractivity (Wildman–Crippen MR) is 162 cm³/mol. The number of isocyanates is 2. The third-order valence-electron chi connectivity index (χ3n) is 6.44. The van der Waals surface area contributed by atoms with Crippen LogP contribution in [0.5, 0.6) is 23.0 Å². The highest BCUT2D eigenvalue weighted by Gasteiger charge is 2.03. The Morgan fingerprint density at radius 2 is 0.857 bits per heavy atom. The molecule has 0 N–H and O–H groups in total. The quantitative estimate of drug-likeness (QED) is 0.0707. The van der Waals surface area contributed by atoms with Crippen molar-refractivity contribution in [2.24, 2.45) is 9.98 Å². The highest BCUT2D eigenvalue weighted by molar-refractivity contribution is 5.35. The summed E-state index contributed by atoms with van der Waals surface area (Å²) in [6, 6.07) is 23.6. The molecule has 0 unspecified atom stereocenters. The Hall–Kier alpha value is -4.38. The van der Waals surface area contributed by atoms with Gasteiger partial charge in [-0.1, -0.05) is 49.2 Å². The zero-order valence-electron chi connectivity index (χ0n) is 24.2. The number of hydrogen-bond donors (Lipinski definition) is 0. The maximum Gasteiger partial charge on any atom is 0.234 e. The van der Waals surface area contributed by atoms with Crippen molar-refractivity contribution in [3.05, 3.63) is 83.9 Å². The lowest BCUT2D eigenvalue weighted by molar-refractivity contribution is 0.288. The fourth-order valence-electron chi connectivity index (χ4n) is 4.14. The molecule has 0 saturated carbocycles. The largest absolute Gasteiger partial charge is 0.493 e. The van der Waals surface area contributed by atoms with Crippen molar-refractivity contribution in [2.45, 2.75) is 64.6 Å². The van der Waals surface area contributed by atoms with Crippen LogP contribution in [0.4, 0.5) is 0 Å². The first-order valence-electron chi connectivity index (χ1n) is 14.6. The molecule has 42 heavy (non-hydrogen) atoms. The van der Waals surface area contributed by atoms with Crippen molar-refractivity contribution in [3.8, 4) is 23.0 Å². The zero-order chi connectivity index (χ0) is 29.5. The standard InChI is InChI=1S/C34H40N2O6/c37-27-35-19-5-1-3-7-21-39-31-11-9-13-33(23-31)41-25-29-15-17-30(18-16-29)26-42-34-14-10-12-32(24-34)40-22-8-4-2-6-20-36-28-38/h9-18,23-24H,1-8,19-22,25-26H2. The Balaban J connectivity index is 1.32. The van der Waals surface area contributed by atoms with Crippen LogP contribution >= 0.6 is 0 Å². The van der Waals surface area contributed by atoms with Gasteiger partial charge in [0.15, 0.2) is 0 Å². The third kappa shape index (κ3) is 13.8. The minimum atomic E-state index is 0.458. The van der Waals surface area contributed by atoms with Crippen molar-refractivity contribution in [3.63, 3.8) is 0 Å². The number of rotatable bonds is 22. The third-order valence-corrected chi connectivity index (χ3v) is 6.44. The van der Waals surface area contributed by atoms with Crippen LogP contribution < -0.4 is 18.9 Å². The second kappa shape index (κ2) is 20.5. The van der Waals surface area contributed by atoms with E-state index in [1.165, 1.54) is 0 Å². The van der Waals surface area contributed by atoms with Gasteiger partial charge in [-0.2, -0.15) is 0 Å². The Bertz CT molecular complexity index is 1170. The summed E-state index contributed by atoms with van der Waals surface area (Å²) >= 11 is 0. The Kier molecular flexibility index (Phi) is 15.7. The molecule has 3 rings (SSSR count). The summed E-state index contributed by atoms with van der Waals surface area (Å²) in [5.41, 5.74) is 2.13. The average molecular weight is 573 g/mol. The molecule has 222 valence electrons. The van der Waals surface area contributed by atoms with Gasteiger partial charge in [0.25, 0.3) is 0 Å². The fraction of sp³-hybridized carbons (Fsp3) is 0.412. The van der Waals surface area contributed by atoms with Crippen molar-refractivity contribution in [1.29, 1.82) is 0 Å². The van der Waals surface area contributed by atoms with E-state index in [4.69, 9.17) is 18.9 Å². The van der Waals surface area contributed by atoms with Crippen LogP contribution in [-0.2, 0) is 22.8 Å². The molecule has 0 heterocycles. The van der Waals surface area contributed by atoms with E-state index < -0.39 is 0 Å². The van der Waals surface area contributed by atoms with Crippen molar-refractivity contribution < 1.29 is 28.5 Å². The van der Waals surface area contributed by atoms with E-state index in [2.05, 4.69) is 9.98 Å². The van der Waals surface area contributed by atoms with Gasteiger partial charge in [-0.15, -0.1) is 0 Å². The summed E-state index contributed by atoms with van der Waals surface area (Å²) in [7, 11) is 0. The van der Waals surface area contributed by atoms with E-state index in [0.29, 0.717) is 39.5 Å². The average Bonchev–Trinajstić information content (AvgIpc) is 3.02. The molecule has 0 bridgehead atoms. The van der Waals surface area contributed by atoms with Crippen molar-refractivity contribution in [1.82, 2.24) is 0 Å². The van der Waals surface area contributed by atoms with Crippen molar-refractivity contribution in [2.75, 3.05) is 26.3 Å². The van der Waals surface area contributed by atoms with Crippen LogP contribution in [0.25, 0.3) is 0 Å². The van der Waals surface area contributed by atoms with Crippen LogP contribution in [0.2, 0.25) is 0 Å². The van der Waals surface area contributed by atoms with E-state index in [-0.39, 0.29) is 0 Å². The maximum absolute atomic E-state index is 10.1. The van der Waals surface area contributed by atoms with Gasteiger partial charge in [-0.25, -0.2) is 19.6 Å². The second-order valence-electron chi connectivity index (χ2n) is 9.81. The molecule has 8 heteroatoms. The van der Waals surface area contributed by atoms with Gasteiger partial charge in [-0.05, 0) is 73.9 Å². The summed E-state index contributed by atoms with van der Waals surface area (Å²) < 4.78 is 23.7. The Morgan fingerprint density at radius 3 is 1.26 bits per heavy atom. The van der Waals surface area contributed by atoms with Crippen molar-refractivity contribution >= 4 is 12.2 Å². The molecule has 0 amide bonds. The highest BCUT2D eigenvalue weighted by Crippen LogP contribution is 2.23. The molecular weight excluding hydrogens is 532 g/mol. The molecule has 0 radical (unpaired) electrons. The van der Waals surface area contributed by atoms with Gasteiger partial charge in [-0.3, -0.25) is 0 Å². The molecule has 8 nitrogen and oxygen atoms in total. The minimum absolute atomic E-state index is 0.458. The van der Waals surface area contributed by atoms with Crippen LogP contribution in [0.15, 0.2) is 82.8 Å². The Morgan fingerprint density at radius 1 is 0.476 bits per heavy atom. The summed E-state index contributed by atoms with van der Waals surface area (Å²) in [6.07, 6.45) is 11.0. The molecule has 0 fully saturated rings. The summed E-state index contributed by atoms with van der Waals surface area (Å²) in [5.74, 6) is 3.10. The number of carbonyl (C=O) groups excluding carboxylic acids is 2. The summed E-state index contributed by atoms with van der Waals surface area (Å²) in [6.45, 7) is 3.30. The number of benzene rings is 3. The number of aliphatic imine (C=N–C) groups is 2. The van der Waals surface area contributed by atoms with Gasteiger partial charge < -0.3 is 18.9 Å². The van der Waals surface area contributed by atoms with Crippen LogP contribution in [0.1, 0.15) is 62.5 Å². The highest BCUT2D eigenvalue weighted by atomic mass is 16.5. The van der Waals surface area contributed by atoms with Gasteiger partial charge in [0.2, 0.25) is 12.2 Å². The molecule has 3 aromatic rings. The summed E-state index contributed by atoms with van der Waals surface area (Å²) in [5, 5.41) is 0. The number of hydrogen-bond acceptors (Lipinski definition) is 8. The van der Waals surface area contributed by atoms with E-state index in [1.807, 2.05) is 72.8 Å². The van der Waals surface area contributed by atoms with Crippen LogP contribution in [0.3, 0.4) is 0 Å². The fourth-order valence-corrected chi connectivity index (χ4v) is 4.14. The van der Waals surface area contributed by atoms with E-state index in [1.54, 1.807) is 12.2 Å². The molecule has 0 saturated heterocycles. The minimum Gasteiger partial charge on any atom is -0.493 e. The lowest BCUT2D eigenvalue weighted by Gasteiger charge is -2.11.